The minimum absolute atomic E-state index is 0.293. The first-order valence-corrected chi connectivity index (χ1v) is 4.58. The molecule has 0 atom stereocenters. The van der Waals surface area contributed by atoms with Gasteiger partial charge < -0.3 is 20.2 Å². The molecule has 1 heterocycles. The van der Waals surface area contributed by atoms with Crippen LogP contribution in [0, 0.1) is 0 Å². The molecule has 1 aromatic heterocycles. The van der Waals surface area contributed by atoms with Crippen molar-refractivity contribution >= 4 is 5.97 Å². The number of rotatable bonds is 3. The van der Waals surface area contributed by atoms with E-state index in [1.807, 2.05) is 4.98 Å². The third-order valence-corrected chi connectivity index (χ3v) is 1.93. The smallest absolute Gasteiger partial charge is 0.464 e. The first-order chi connectivity index (χ1) is 8.28. The average molecular weight is 266 g/mol. The van der Waals surface area contributed by atoms with E-state index in [-0.39, 0.29) is 5.56 Å². The molecule has 0 fully saturated rings. The van der Waals surface area contributed by atoms with E-state index in [9.17, 15) is 22.8 Å². The molecular weight excluding hydrogens is 257 g/mol. The van der Waals surface area contributed by atoms with Crippen LogP contribution in [0.15, 0.2) is 10.9 Å². The van der Waals surface area contributed by atoms with Crippen LogP contribution in [0.5, 0.6) is 5.75 Å². The van der Waals surface area contributed by atoms with Gasteiger partial charge in [0.2, 0.25) is 0 Å². The fourth-order valence-electron chi connectivity index (χ4n) is 1.26. The van der Waals surface area contributed by atoms with Crippen molar-refractivity contribution in [2.24, 2.45) is 5.73 Å². The minimum Gasteiger partial charge on any atom is -0.464 e. The molecule has 9 heteroatoms. The predicted molar refractivity (Wildman–Crippen MR) is 53.0 cm³/mol. The number of hydrogen-bond acceptors (Lipinski definition) is 5. The Balaban J connectivity index is 3.38. The number of ether oxygens (including phenoxy) is 2. The van der Waals surface area contributed by atoms with Gasteiger partial charge in [-0.15, -0.1) is 13.2 Å². The summed E-state index contributed by atoms with van der Waals surface area (Å²) in [6, 6.07) is 0.558. The average Bonchev–Trinajstić information content (AvgIpc) is 2.25. The van der Waals surface area contributed by atoms with Gasteiger partial charge in [-0.2, -0.15) is 0 Å². The van der Waals surface area contributed by atoms with Crippen molar-refractivity contribution in [2.45, 2.75) is 12.9 Å². The first-order valence-electron chi connectivity index (χ1n) is 4.58. The maximum absolute atomic E-state index is 12.1. The molecule has 0 spiro atoms. The van der Waals surface area contributed by atoms with Crippen LogP contribution >= 0.6 is 0 Å². The minimum atomic E-state index is -4.99. The zero-order valence-electron chi connectivity index (χ0n) is 9.13. The number of carbonyl (C=O) groups excluding carboxylic acids is 1. The van der Waals surface area contributed by atoms with E-state index in [1.54, 1.807) is 0 Å². The Hall–Kier alpha value is -2.03. The van der Waals surface area contributed by atoms with Crippen LogP contribution in [0.25, 0.3) is 0 Å². The van der Waals surface area contributed by atoms with Gasteiger partial charge in [0, 0.05) is 18.2 Å². The monoisotopic (exact) mass is 266 g/mol. The van der Waals surface area contributed by atoms with E-state index in [0.29, 0.717) is 6.07 Å². The van der Waals surface area contributed by atoms with E-state index in [2.05, 4.69) is 9.47 Å². The fourth-order valence-corrected chi connectivity index (χ4v) is 1.26. The van der Waals surface area contributed by atoms with Crippen molar-refractivity contribution < 1.29 is 27.4 Å². The molecule has 0 saturated carbocycles. The number of halogens is 3. The summed E-state index contributed by atoms with van der Waals surface area (Å²) in [6.45, 7) is -0.438. The lowest BCUT2D eigenvalue weighted by molar-refractivity contribution is -0.275. The molecule has 0 amide bonds. The van der Waals surface area contributed by atoms with Crippen LogP contribution in [0.1, 0.15) is 16.1 Å². The van der Waals surface area contributed by atoms with Crippen molar-refractivity contribution in [3.05, 3.63) is 27.7 Å². The molecule has 0 bridgehead atoms. The molecule has 100 valence electrons. The lowest BCUT2D eigenvalue weighted by Crippen LogP contribution is -2.24. The van der Waals surface area contributed by atoms with Crippen molar-refractivity contribution in [2.75, 3.05) is 7.11 Å². The summed E-state index contributed by atoms with van der Waals surface area (Å²) in [5, 5.41) is 0. The van der Waals surface area contributed by atoms with Crippen LogP contribution in [-0.2, 0) is 11.3 Å². The summed E-state index contributed by atoms with van der Waals surface area (Å²) in [6.07, 6.45) is -4.99. The number of aromatic amines is 1. The van der Waals surface area contributed by atoms with Gasteiger partial charge in [0.15, 0.2) is 0 Å². The second kappa shape index (κ2) is 5.08. The quantitative estimate of drug-likeness (QED) is 0.778. The molecule has 18 heavy (non-hydrogen) atoms. The number of pyridine rings is 1. The molecule has 0 aliphatic rings. The van der Waals surface area contributed by atoms with Gasteiger partial charge >= 0.3 is 12.3 Å². The van der Waals surface area contributed by atoms with Crippen LogP contribution in [0.3, 0.4) is 0 Å². The van der Waals surface area contributed by atoms with Gasteiger partial charge in [-0.3, -0.25) is 4.79 Å². The summed E-state index contributed by atoms with van der Waals surface area (Å²) < 4.78 is 44.3. The summed E-state index contributed by atoms with van der Waals surface area (Å²) >= 11 is 0. The molecule has 3 N–H and O–H groups in total. The van der Waals surface area contributed by atoms with Gasteiger partial charge in [0.25, 0.3) is 5.56 Å². The summed E-state index contributed by atoms with van der Waals surface area (Å²) in [5.41, 5.74) is 3.54. The van der Waals surface area contributed by atoms with Crippen LogP contribution in [-0.4, -0.2) is 24.4 Å². The molecule has 6 nitrogen and oxygen atoms in total. The van der Waals surface area contributed by atoms with Crippen molar-refractivity contribution in [1.82, 2.24) is 4.98 Å². The molecule has 0 radical (unpaired) electrons. The Morgan fingerprint density at radius 1 is 1.50 bits per heavy atom. The third-order valence-electron chi connectivity index (χ3n) is 1.93. The van der Waals surface area contributed by atoms with E-state index in [0.717, 1.165) is 7.11 Å². The maximum atomic E-state index is 12.1. The fraction of sp³-hybridized carbons (Fsp3) is 0.333. The largest absolute Gasteiger partial charge is 0.573 e. The van der Waals surface area contributed by atoms with E-state index in [1.165, 1.54) is 0 Å². The van der Waals surface area contributed by atoms with Crippen LogP contribution in [0.2, 0.25) is 0 Å². The van der Waals surface area contributed by atoms with Gasteiger partial charge in [-0.1, -0.05) is 0 Å². The summed E-state index contributed by atoms with van der Waals surface area (Å²) in [4.78, 5) is 24.5. The second-order valence-corrected chi connectivity index (χ2v) is 3.09. The van der Waals surface area contributed by atoms with Gasteiger partial charge in [-0.05, 0) is 0 Å². The van der Waals surface area contributed by atoms with Gasteiger partial charge in [-0.25, -0.2) is 4.79 Å². The number of carbonyl (C=O) groups is 1. The molecule has 0 aromatic carbocycles. The number of nitrogens with one attached hydrogen (secondary N) is 1. The van der Waals surface area contributed by atoms with Gasteiger partial charge in [0.1, 0.15) is 11.4 Å². The number of methoxy groups -OCH3 is 1. The normalized spacial score (nSPS) is 11.2. The number of aromatic nitrogens is 1. The number of esters is 1. The van der Waals surface area contributed by atoms with Crippen molar-refractivity contribution in [1.29, 1.82) is 0 Å². The van der Waals surface area contributed by atoms with Crippen molar-refractivity contribution in [3.8, 4) is 5.75 Å². The summed E-state index contributed by atoms with van der Waals surface area (Å²) in [7, 11) is 1.01. The highest BCUT2D eigenvalue weighted by molar-refractivity contribution is 5.89. The Kier molecular flexibility index (Phi) is 3.96. The topological polar surface area (TPSA) is 94.4 Å². The number of alkyl halides is 3. The third kappa shape index (κ3) is 3.23. The molecule has 1 aromatic rings. The molecular formula is C9H9F3N2O4. The van der Waals surface area contributed by atoms with E-state index < -0.39 is 35.9 Å². The van der Waals surface area contributed by atoms with E-state index in [4.69, 9.17) is 5.73 Å². The second-order valence-electron chi connectivity index (χ2n) is 3.09. The predicted octanol–water partition coefficient (Wildman–Crippen LogP) is 0.519. The van der Waals surface area contributed by atoms with Gasteiger partial charge in [0.05, 0.1) is 7.11 Å². The highest BCUT2D eigenvalue weighted by atomic mass is 19.4. The Bertz CT molecular complexity index is 510. The zero-order valence-corrected chi connectivity index (χ0v) is 9.13. The van der Waals surface area contributed by atoms with Crippen LogP contribution < -0.4 is 16.0 Å². The first kappa shape index (κ1) is 14.0. The Morgan fingerprint density at radius 2 is 2.11 bits per heavy atom. The molecule has 0 aliphatic heterocycles. The van der Waals surface area contributed by atoms with Crippen molar-refractivity contribution in [3.63, 3.8) is 0 Å². The SMILES string of the molecule is COC(=O)c1[nH]c(=O)cc(OC(F)(F)F)c1CN. The standard InChI is InChI=1S/C9H9F3N2O4/c1-17-8(16)7-4(3-13)5(2-6(15)14-7)18-9(10,11)12/h2H,3,13H2,1H3,(H,14,15). The molecule has 0 unspecified atom stereocenters. The highest BCUT2D eigenvalue weighted by Crippen LogP contribution is 2.26. The Labute approximate surface area is 98.5 Å². The highest BCUT2D eigenvalue weighted by Gasteiger charge is 2.33. The number of nitrogens with two attached hydrogens (primary N) is 1. The zero-order chi connectivity index (χ0) is 13.9. The lowest BCUT2D eigenvalue weighted by atomic mass is 10.1. The lowest BCUT2D eigenvalue weighted by Gasteiger charge is -2.14. The Morgan fingerprint density at radius 3 is 2.56 bits per heavy atom. The number of H-pyrrole nitrogens is 1. The molecule has 1 rings (SSSR count). The number of hydrogen-bond donors (Lipinski definition) is 2. The summed E-state index contributed by atoms with van der Waals surface area (Å²) in [5.74, 6) is -1.84. The van der Waals surface area contributed by atoms with E-state index >= 15 is 0 Å². The maximum Gasteiger partial charge on any atom is 0.573 e. The molecule has 0 aliphatic carbocycles. The molecule has 0 saturated heterocycles. The van der Waals surface area contributed by atoms with Crippen LogP contribution in [0.4, 0.5) is 13.2 Å².